The summed E-state index contributed by atoms with van der Waals surface area (Å²) in [7, 11) is 1.62. The molecule has 2 aromatic rings. The van der Waals surface area contributed by atoms with Crippen molar-refractivity contribution >= 4 is 23.2 Å². The van der Waals surface area contributed by atoms with Crippen molar-refractivity contribution in [3.63, 3.8) is 0 Å². The number of nitrogens with one attached hydrogen (secondary N) is 2. The van der Waals surface area contributed by atoms with Gasteiger partial charge in [0.25, 0.3) is 0 Å². The second kappa shape index (κ2) is 6.43. The van der Waals surface area contributed by atoms with E-state index in [1.807, 2.05) is 45.0 Å². The molecule has 1 amide bonds. The molecule has 0 saturated heterocycles. The first-order valence-electron chi connectivity index (χ1n) is 6.93. The Labute approximate surface area is 129 Å². The van der Waals surface area contributed by atoms with Gasteiger partial charge in [-0.25, -0.2) is 9.97 Å². The molecule has 0 radical (unpaired) electrons. The molecule has 1 aromatic heterocycles. The number of amides is 1. The SMILES string of the molecule is COc1ccc(Nc2ncc(NC(=O)C(C)(C)C)cn2)cc1. The van der Waals surface area contributed by atoms with Crippen LogP contribution in [0.15, 0.2) is 36.7 Å². The Morgan fingerprint density at radius 2 is 1.64 bits per heavy atom. The maximum atomic E-state index is 11.9. The average molecular weight is 300 g/mol. The van der Waals surface area contributed by atoms with Crippen LogP contribution < -0.4 is 15.4 Å². The summed E-state index contributed by atoms with van der Waals surface area (Å²) in [4.78, 5) is 20.2. The lowest BCUT2D eigenvalue weighted by atomic mass is 9.96. The quantitative estimate of drug-likeness (QED) is 0.906. The zero-order valence-electron chi connectivity index (χ0n) is 13.2. The maximum Gasteiger partial charge on any atom is 0.229 e. The molecular weight excluding hydrogens is 280 g/mol. The fraction of sp³-hybridized carbons (Fsp3) is 0.312. The molecule has 0 saturated carbocycles. The van der Waals surface area contributed by atoms with E-state index in [-0.39, 0.29) is 5.91 Å². The van der Waals surface area contributed by atoms with Crippen LogP contribution in [-0.2, 0) is 4.79 Å². The van der Waals surface area contributed by atoms with E-state index in [9.17, 15) is 4.79 Å². The molecule has 2 rings (SSSR count). The summed E-state index contributed by atoms with van der Waals surface area (Å²) in [6, 6.07) is 7.44. The molecule has 0 bridgehead atoms. The van der Waals surface area contributed by atoms with Gasteiger partial charge in [0.05, 0.1) is 25.2 Å². The van der Waals surface area contributed by atoms with E-state index in [0.29, 0.717) is 11.6 Å². The predicted octanol–water partition coefficient (Wildman–Crippen LogP) is 3.21. The predicted molar refractivity (Wildman–Crippen MR) is 86.4 cm³/mol. The number of rotatable bonds is 4. The van der Waals surface area contributed by atoms with Crippen molar-refractivity contribution in [2.45, 2.75) is 20.8 Å². The van der Waals surface area contributed by atoms with E-state index in [4.69, 9.17) is 4.74 Å². The fourth-order valence-electron chi connectivity index (χ4n) is 1.58. The highest BCUT2D eigenvalue weighted by molar-refractivity contribution is 5.94. The Hall–Kier alpha value is -2.63. The molecule has 1 aromatic carbocycles. The Morgan fingerprint density at radius 3 is 2.14 bits per heavy atom. The Balaban J connectivity index is 2.01. The number of anilines is 3. The van der Waals surface area contributed by atoms with Gasteiger partial charge in [-0.1, -0.05) is 20.8 Å². The van der Waals surface area contributed by atoms with E-state index < -0.39 is 5.41 Å². The van der Waals surface area contributed by atoms with Gasteiger partial charge in [0.1, 0.15) is 5.75 Å². The minimum Gasteiger partial charge on any atom is -0.497 e. The van der Waals surface area contributed by atoms with Gasteiger partial charge < -0.3 is 15.4 Å². The van der Waals surface area contributed by atoms with Crippen LogP contribution in [0.2, 0.25) is 0 Å². The molecule has 0 spiro atoms. The molecule has 0 aliphatic rings. The number of benzene rings is 1. The minimum absolute atomic E-state index is 0.0769. The van der Waals surface area contributed by atoms with Gasteiger partial charge in [-0.05, 0) is 24.3 Å². The van der Waals surface area contributed by atoms with Crippen LogP contribution in [0.3, 0.4) is 0 Å². The zero-order valence-corrected chi connectivity index (χ0v) is 13.2. The molecule has 0 fully saturated rings. The summed E-state index contributed by atoms with van der Waals surface area (Å²) in [6.07, 6.45) is 3.14. The van der Waals surface area contributed by atoms with E-state index in [2.05, 4.69) is 20.6 Å². The molecule has 0 unspecified atom stereocenters. The third-order valence-electron chi connectivity index (χ3n) is 2.94. The van der Waals surface area contributed by atoms with Gasteiger partial charge >= 0.3 is 0 Å². The Morgan fingerprint density at radius 1 is 1.05 bits per heavy atom. The fourth-order valence-corrected chi connectivity index (χ4v) is 1.58. The number of nitrogens with zero attached hydrogens (tertiary/aromatic N) is 2. The van der Waals surface area contributed by atoms with Gasteiger partial charge in [-0.2, -0.15) is 0 Å². The molecule has 2 N–H and O–H groups in total. The van der Waals surface area contributed by atoms with Crippen LogP contribution in [0, 0.1) is 5.41 Å². The first-order valence-corrected chi connectivity index (χ1v) is 6.93. The highest BCUT2D eigenvalue weighted by Crippen LogP contribution is 2.19. The summed E-state index contributed by atoms with van der Waals surface area (Å²) in [6.45, 7) is 5.55. The van der Waals surface area contributed by atoms with Gasteiger partial charge in [0.2, 0.25) is 11.9 Å². The third-order valence-corrected chi connectivity index (χ3v) is 2.94. The number of ether oxygens (including phenoxy) is 1. The molecule has 0 atom stereocenters. The molecular formula is C16H20N4O2. The summed E-state index contributed by atoms with van der Waals surface area (Å²) in [5, 5.41) is 5.86. The van der Waals surface area contributed by atoms with Gasteiger partial charge in [-0.15, -0.1) is 0 Å². The summed E-state index contributed by atoms with van der Waals surface area (Å²) in [5.41, 5.74) is 0.965. The van der Waals surface area contributed by atoms with Crippen molar-refractivity contribution < 1.29 is 9.53 Å². The molecule has 22 heavy (non-hydrogen) atoms. The van der Waals surface area contributed by atoms with Crippen LogP contribution in [-0.4, -0.2) is 23.0 Å². The van der Waals surface area contributed by atoms with E-state index >= 15 is 0 Å². The molecule has 1 heterocycles. The monoisotopic (exact) mass is 300 g/mol. The standard InChI is InChI=1S/C16H20N4O2/c1-16(2,3)14(21)19-12-9-17-15(18-10-12)20-11-5-7-13(22-4)8-6-11/h5-10H,1-4H3,(H,19,21)(H,17,18,20). The zero-order chi connectivity index (χ0) is 16.2. The van der Waals surface area contributed by atoms with Crippen molar-refractivity contribution in [3.8, 4) is 5.75 Å². The number of hydrogen-bond donors (Lipinski definition) is 2. The summed E-state index contributed by atoms with van der Waals surface area (Å²) >= 11 is 0. The van der Waals surface area contributed by atoms with Crippen molar-refractivity contribution in [1.29, 1.82) is 0 Å². The number of aromatic nitrogens is 2. The van der Waals surface area contributed by atoms with Crippen molar-refractivity contribution in [2.75, 3.05) is 17.7 Å². The lowest BCUT2D eigenvalue weighted by Crippen LogP contribution is -2.27. The van der Waals surface area contributed by atoms with Crippen LogP contribution >= 0.6 is 0 Å². The van der Waals surface area contributed by atoms with Crippen LogP contribution in [0.1, 0.15) is 20.8 Å². The van der Waals surface area contributed by atoms with Gasteiger partial charge in [-0.3, -0.25) is 4.79 Å². The van der Waals surface area contributed by atoms with Crippen molar-refractivity contribution in [1.82, 2.24) is 9.97 Å². The van der Waals surface area contributed by atoms with Gasteiger partial charge in [0, 0.05) is 11.1 Å². The number of methoxy groups -OCH3 is 1. The molecule has 0 aliphatic carbocycles. The second-order valence-electron chi connectivity index (χ2n) is 5.85. The number of hydrogen-bond acceptors (Lipinski definition) is 5. The third kappa shape index (κ3) is 4.18. The molecule has 0 aliphatic heterocycles. The lowest BCUT2D eigenvalue weighted by molar-refractivity contribution is -0.123. The van der Waals surface area contributed by atoms with Crippen molar-refractivity contribution in [2.24, 2.45) is 5.41 Å². The first-order chi connectivity index (χ1) is 10.4. The summed E-state index contributed by atoms with van der Waals surface area (Å²) in [5.74, 6) is 1.16. The van der Waals surface area contributed by atoms with Crippen molar-refractivity contribution in [3.05, 3.63) is 36.7 Å². The van der Waals surface area contributed by atoms with Crippen LogP contribution in [0.4, 0.5) is 17.3 Å². The maximum absolute atomic E-state index is 11.9. The van der Waals surface area contributed by atoms with E-state index in [1.54, 1.807) is 19.5 Å². The Kier molecular flexibility index (Phi) is 4.60. The molecule has 6 nitrogen and oxygen atoms in total. The number of carbonyl (C=O) groups is 1. The molecule has 6 heteroatoms. The first kappa shape index (κ1) is 15.8. The number of carbonyl (C=O) groups excluding carboxylic acids is 1. The highest BCUT2D eigenvalue weighted by Gasteiger charge is 2.21. The Bertz CT molecular complexity index is 631. The second-order valence-corrected chi connectivity index (χ2v) is 5.85. The normalized spacial score (nSPS) is 10.9. The lowest BCUT2D eigenvalue weighted by Gasteiger charge is -2.17. The highest BCUT2D eigenvalue weighted by atomic mass is 16.5. The van der Waals surface area contributed by atoms with Gasteiger partial charge in [0.15, 0.2) is 0 Å². The van der Waals surface area contributed by atoms with E-state index in [0.717, 1.165) is 11.4 Å². The van der Waals surface area contributed by atoms with E-state index in [1.165, 1.54) is 0 Å². The largest absolute Gasteiger partial charge is 0.497 e. The smallest absolute Gasteiger partial charge is 0.229 e. The average Bonchev–Trinajstić information content (AvgIpc) is 2.49. The van der Waals surface area contributed by atoms with Crippen LogP contribution in [0.5, 0.6) is 5.75 Å². The summed E-state index contributed by atoms with van der Waals surface area (Å²) < 4.78 is 5.10. The topological polar surface area (TPSA) is 76.1 Å². The minimum atomic E-state index is -0.458. The molecule has 116 valence electrons. The van der Waals surface area contributed by atoms with Crippen LogP contribution in [0.25, 0.3) is 0 Å².